The standard InChI is InChI=1S/C12H17NO6S/c1-3-9-8(12(15)16)7-10(19-9)11(14)13-5-4-6-20(2,17)18/h7H,3-6H2,1-2H3,(H,13,14)(H,15,16). The van der Waals surface area contributed by atoms with E-state index in [9.17, 15) is 18.0 Å². The average Bonchev–Trinajstić information content (AvgIpc) is 2.77. The first-order valence-electron chi connectivity index (χ1n) is 6.06. The van der Waals surface area contributed by atoms with Crippen LogP contribution >= 0.6 is 0 Å². The molecule has 0 aromatic carbocycles. The second-order valence-corrected chi connectivity index (χ2v) is 6.61. The third-order valence-electron chi connectivity index (χ3n) is 2.56. The molecule has 20 heavy (non-hydrogen) atoms. The highest BCUT2D eigenvalue weighted by molar-refractivity contribution is 7.90. The Bertz CT molecular complexity index is 601. The largest absolute Gasteiger partial charge is 0.478 e. The molecule has 0 saturated carbocycles. The summed E-state index contributed by atoms with van der Waals surface area (Å²) in [4.78, 5) is 22.7. The number of sulfone groups is 1. The number of furan rings is 1. The van der Waals surface area contributed by atoms with Crippen molar-refractivity contribution in [3.8, 4) is 0 Å². The summed E-state index contributed by atoms with van der Waals surface area (Å²) in [5.74, 6) is -1.58. The molecular weight excluding hydrogens is 286 g/mol. The fraction of sp³-hybridized carbons (Fsp3) is 0.500. The number of aromatic carboxylic acids is 1. The number of hydrogen-bond acceptors (Lipinski definition) is 5. The lowest BCUT2D eigenvalue weighted by molar-refractivity contribution is 0.0694. The quantitative estimate of drug-likeness (QED) is 0.717. The van der Waals surface area contributed by atoms with Crippen molar-refractivity contribution >= 4 is 21.7 Å². The van der Waals surface area contributed by atoms with Gasteiger partial charge in [-0.15, -0.1) is 0 Å². The first kappa shape index (κ1) is 16.2. The van der Waals surface area contributed by atoms with Crippen molar-refractivity contribution in [3.05, 3.63) is 23.2 Å². The second kappa shape index (κ2) is 6.56. The molecule has 0 unspecified atom stereocenters. The van der Waals surface area contributed by atoms with Crippen LogP contribution in [0.4, 0.5) is 0 Å². The highest BCUT2D eigenvalue weighted by Crippen LogP contribution is 2.16. The highest BCUT2D eigenvalue weighted by atomic mass is 32.2. The lowest BCUT2D eigenvalue weighted by atomic mass is 10.2. The Labute approximate surface area is 116 Å². The van der Waals surface area contributed by atoms with Gasteiger partial charge in [-0.3, -0.25) is 4.79 Å². The van der Waals surface area contributed by atoms with Gasteiger partial charge in [0.05, 0.1) is 5.75 Å². The molecule has 0 aliphatic rings. The second-order valence-electron chi connectivity index (χ2n) is 4.35. The third-order valence-corrected chi connectivity index (χ3v) is 3.59. The minimum atomic E-state index is -3.06. The summed E-state index contributed by atoms with van der Waals surface area (Å²) in [5.41, 5.74) is -0.0335. The van der Waals surface area contributed by atoms with Crippen LogP contribution in [0, 0.1) is 0 Å². The molecule has 1 rings (SSSR count). The monoisotopic (exact) mass is 303 g/mol. The van der Waals surface area contributed by atoms with Gasteiger partial charge in [-0.2, -0.15) is 0 Å². The average molecular weight is 303 g/mol. The Morgan fingerprint density at radius 2 is 2.05 bits per heavy atom. The Morgan fingerprint density at radius 3 is 2.50 bits per heavy atom. The number of nitrogens with one attached hydrogen (secondary N) is 1. The van der Waals surface area contributed by atoms with E-state index in [-0.39, 0.29) is 35.8 Å². The number of carboxylic acid groups (broad SMARTS) is 1. The van der Waals surface area contributed by atoms with Crippen molar-refractivity contribution in [2.45, 2.75) is 19.8 Å². The molecule has 1 aromatic heterocycles. The first-order chi connectivity index (χ1) is 9.24. The summed E-state index contributed by atoms with van der Waals surface area (Å²) in [5, 5.41) is 11.4. The smallest absolute Gasteiger partial charge is 0.339 e. The Morgan fingerprint density at radius 1 is 1.40 bits per heavy atom. The normalized spacial score (nSPS) is 11.3. The number of rotatable bonds is 7. The summed E-state index contributed by atoms with van der Waals surface area (Å²) in [6.45, 7) is 1.90. The summed E-state index contributed by atoms with van der Waals surface area (Å²) in [6.07, 6.45) is 1.77. The molecule has 0 aliphatic heterocycles. The van der Waals surface area contributed by atoms with Gasteiger partial charge in [0, 0.05) is 25.3 Å². The third kappa shape index (κ3) is 4.69. The van der Waals surface area contributed by atoms with Crippen LogP contribution in [0.15, 0.2) is 10.5 Å². The van der Waals surface area contributed by atoms with E-state index >= 15 is 0 Å². The molecule has 8 heteroatoms. The number of carboxylic acids is 1. The molecule has 0 fully saturated rings. The van der Waals surface area contributed by atoms with E-state index in [0.717, 1.165) is 6.26 Å². The maximum Gasteiger partial charge on any atom is 0.339 e. The van der Waals surface area contributed by atoms with Crippen molar-refractivity contribution in [2.24, 2.45) is 0 Å². The van der Waals surface area contributed by atoms with E-state index < -0.39 is 21.7 Å². The molecule has 2 N–H and O–H groups in total. The molecule has 1 heterocycles. The molecular formula is C12H17NO6S. The molecule has 1 amide bonds. The van der Waals surface area contributed by atoms with Gasteiger partial charge in [0.25, 0.3) is 5.91 Å². The molecule has 7 nitrogen and oxygen atoms in total. The van der Waals surface area contributed by atoms with Crippen LogP contribution in [0.25, 0.3) is 0 Å². The zero-order valence-electron chi connectivity index (χ0n) is 11.3. The lowest BCUT2D eigenvalue weighted by Gasteiger charge is -2.02. The van der Waals surface area contributed by atoms with Gasteiger partial charge >= 0.3 is 5.97 Å². The van der Waals surface area contributed by atoms with Crippen LogP contribution < -0.4 is 5.32 Å². The Kier molecular flexibility index (Phi) is 5.32. The zero-order valence-corrected chi connectivity index (χ0v) is 12.1. The van der Waals surface area contributed by atoms with Crippen LogP contribution in [0.2, 0.25) is 0 Å². The van der Waals surface area contributed by atoms with Crippen molar-refractivity contribution in [1.82, 2.24) is 5.32 Å². The van der Waals surface area contributed by atoms with E-state index in [0.29, 0.717) is 6.42 Å². The number of carbonyl (C=O) groups excluding carboxylic acids is 1. The lowest BCUT2D eigenvalue weighted by Crippen LogP contribution is -2.25. The zero-order chi connectivity index (χ0) is 15.3. The van der Waals surface area contributed by atoms with Crippen molar-refractivity contribution in [2.75, 3.05) is 18.6 Å². The Balaban J connectivity index is 2.62. The number of carbonyl (C=O) groups is 2. The Hall–Kier alpha value is -1.83. The maximum atomic E-state index is 11.7. The predicted molar refractivity (Wildman–Crippen MR) is 71.7 cm³/mol. The van der Waals surface area contributed by atoms with Gasteiger partial charge in [-0.1, -0.05) is 6.92 Å². The van der Waals surface area contributed by atoms with E-state index in [1.54, 1.807) is 6.92 Å². The molecule has 0 spiro atoms. The minimum absolute atomic E-state index is 0.0218. The van der Waals surface area contributed by atoms with E-state index in [1.165, 1.54) is 6.07 Å². The van der Waals surface area contributed by atoms with Gasteiger partial charge in [-0.05, 0) is 6.42 Å². The van der Waals surface area contributed by atoms with Crippen molar-refractivity contribution in [1.29, 1.82) is 0 Å². The van der Waals surface area contributed by atoms with Crippen molar-refractivity contribution < 1.29 is 27.5 Å². The summed E-state index contributed by atoms with van der Waals surface area (Å²) < 4.78 is 27.0. The molecule has 0 atom stereocenters. The number of amides is 1. The van der Waals surface area contributed by atoms with Crippen LogP contribution in [-0.4, -0.2) is 44.0 Å². The molecule has 112 valence electrons. The predicted octanol–water partition coefficient (Wildman–Crippen LogP) is 0.705. The highest BCUT2D eigenvalue weighted by Gasteiger charge is 2.19. The molecule has 0 bridgehead atoms. The SMILES string of the molecule is CCc1oc(C(=O)NCCCS(C)(=O)=O)cc1C(=O)O. The van der Waals surface area contributed by atoms with Gasteiger partial charge in [0.2, 0.25) is 0 Å². The van der Waals surface area contributed by atoms with E-state index in [4.69, 9.17) is 9.52 Å². The van der Waals surface area contributed by atoms with Crippen LogP contribution in [0.1, 0.15) is 40.0 Å². The first-order valence-corrected chi connectivity index (χ1v) is 8.12. The molecule has 0 saturated heterocycles. The van der Waals surface area contributed by atoms with E-state index in [1.807, 2.05) is 0 Å². The van der Waals surface area contributed by atoms with Gasteiger partial charge in [0.15, 0.2) is 5.76 Å². The van der Waals surface area contributed by atoms with Crippen LogP contribution in [0.5, 0.6) is 0 Å². The van der Waals surface area contributed by atoms with Crippen LogP contribution in [-0.2, 0) is 16.3 Å². The fourth-order valence-electron chi connectivity index (χ4n) is 1.61. The summed E-state index contributed by atoms with van der Waals surface area (Å²) in [6, 6.07) is 1.17. The topological polar surface area (TPSA) is 114 Å². The summed E-state index contributed by atoms with van der Waals surface area (Å²) in [7, 11) is -3.06. The fourth-order valence-corrected chi connectivity index (χ4v) is 2.28. The molecule has 0 aliphatic carbocycles. The number of aryl methyl sites for hydroxylation is 1. The van der Waals surface area contributed by atoms with Gasteiger partial charge in [-0.25, -0.2) is 13.2 Å². The summed E-state index contributed by atoms with van der Waals surface area (Å²) >= 11 is 0. The van der Waals surface area contributed by atoms with Gasteiger partial charge in [0.1, 0.15) is 21.2 Å². The minimum Gasteiger partial charge on any atom is -0.478 e. The molecule has 1 aromatic rings. The van der Waals surface area contributed by atoms with Crippen LogP contribution in [0.3, 0.4) is 0 Å². The van der Waals surface area contributed by atoms with E-state index in [2.05, 4.69) is 5.32 Å². The maximum absolute atomic E-state index is 11.7. The van der Waals surface area contributed by atoms with Gasteiger partial charge < -0.3 is 14.8 Å². The number of hydrogen-bond donors (Lipinski definition) is 2. The molecule has 0 radical (unpaired) electrons. The van der Waals surface area contributed by atoms with Crippen molar-refractivity contribution in [3.63, 3.8) is 0 Å².